The molecule has 2 atom stereocenters. The van der Waals surface area contributed by atoms with Crippen molar-refractivity contribution in [2.45, 2.75) is 24.6 Å². The maximum Gasteiger partial charge on any atom is 0.433 e. The van der Waals surface area contributed by atoms with Gasteiger partial charge in [-0.25, -0.2) is 4.98 Å². The molecule has 0 bridgehead atoms. The molecule has 2 aliphatic rings. The second kappa shape index (κ2) is 5.06. The van der Waals surface area contributed by atoms with Crippen molar-refractivity contribution in [1.82, 2.24) is 9.88 Å². The van der Waals surface area contributed by atoms with Crippen molar-refractivity contribution in [1.29, 1.82) is 0 Å². The number of aromatic nitrogens is 1. The van der Waals surface area contributed by atoms with Gasteiger partial charge in [0.15, 0.2) is 0 Å². The molecule has 5 heteroatoms. The second-order valence-electron chi connectivity index (χ2n) is 6.62. The quantitative estimate of drug-likeness (QED) is 0.854. The summed E-state index contributed by atoms with van der Waals surface area (Å²) in [6.45, 7) is 2.58. The Morgan fingerprint density at radius 3 is 2.61 bits per heavy atom. The van der Waals surface area contributed by atoms with Crippen molar-refractivity contribution < 1.29 is 13.2 Å². The van der Waals surface area contributed by atoms with E-state index in [9.17, 15) is 13.2 Å². The van der Waals surface area contributed by atoms with Crippen LogP contribution < -0.4 is 0 Å². The van der Waals surface area contributed by atoms with E-state index in [-0.39, 0.29) is 5.41 Å². The van der Waals surface area contributed by atoms with Crippen LogP contribution in [0.5, 0.6) is 0 Å². The average molecular weight is 318 g/mol. The minimum absolute atomic E-state index is 0.171. The Labute approximate surface area is 133 Å². The number of alkyl halides is 3. The summed E-state index contributed by atoms with van der Waals surface area (Å²) in [7, 11) is 0. The number of rotatable bonds is 3. The van der Waals surface area contributed by atoms with E-state index in [0.717, 1.165) is 32.1 Å². The molecular formula is C18H17F3N2. The Morgan fingerprint density at radius 1 is 1.09 bits per heavy atom. The van der Waals surface area contributed by atoms with Crippen LogP contribution in [0, 0.1) is 5.92 Å². The van der Waals surface area contributed by atoms with Gasteiger partial charge in [-0.15, -0.1) is 0 Å². The van der Waals surface area contributed by atoms with Crippen molar-refractivity contribution >= 4 is 0 Å². The fourth-order valence-corrected chi connectivity index (χ4v) is 3.82. The number of hydrogen-bond acceptors (Lipinski definition) is 2. The first-order chi connectivity index (χ1) is 11.0. The predicted octanol–water partition coefficient (Wildman–Crippen LogP) is 3.87. The standard InChI is InChI=1S/C18H17F3N2/c19-18(20,21)16-8-4-7-15(22-16)17-9-14(17)11-23(12-17)10-13-5-2-1-3-6-13/h1-8,14H,9-12H2/t14-,17-/m1/s1. The first kappa shape index (κ1) is 14.7. The van der Waals surface area contributed by atoms with Gasteiger partial charge in [0.2, 0.25) is 0 Å². The highest BCUT2D eigenvalue weighted by Crippen LogP contribution is 2.58. The van der Waals surface area contributed by atoms with Crippen LogP contribution in [0.25, 0.3) is 0 Å². The fraction of sp³-hybridized carbons (Fsp3) is 0.389. The Hall–Kier alpha value is -1.88. The number of nitrogens with zero attached hydrogens (tertiary/aromatic N) is 2. The van der Waals surface area contributed by atoms with Gasteiger partial charge < -0.3 is 0 Å². The van der Waals surface area contributed by atoms with Crippen LogP contribution in [0.3, 0.4) is 0 Å². The van der Waals surface area contributed by atoms with Gasteiger partial charge >= 0.3 is 6.18 Å². The molecule has 1 aromatic carbocycles. The predicted molar refractivity (Wildman–Crippen MR) is 80.7 cm³/mol. The first-order valence-corrected chi connectivity index (χ1v) is 7.78. The highest BCUT2D eigenvalue weighted by Gasteiger charge is 2.61. The highest BCUT2D eigenvalue weighted by atomic mass is 19.4. The molecule has 2 aromatic rings. The van der Waals surface area contributed by atoms with Crippen molar-refractivity contribution in [2.75, 3.05) is 13.1 Å². The van der Waals surface area contributed by atoms with E-state index in [1.807, 2.05) is 18.2 Å². The van der Waals surface area contributed by atoms with Gasteiger partial charge in [0.05, 0.1) is 0 Å². The molecule has 2 heterocycles. The Bertz CT molecular complexity index is 714. The highest BCUT2D eigenvalue weighted by molar-refractivity contribution is 5.34. The van der Waals surface area contributed by atoms with Gasteiger partial charge in [0.1, 0.15) is 5.69 Å². The number of halogens is 3. The number of pyridine rings is 1. The van der Waals surface area contributed by atoms with Gasteiger partial charge in [-0.2, -0.15) is 13.2 Å². The maximum absolute atomic E-state index is 12.9. The van der Waals surface area contributed by atoms with E-state index >= 15 is 0 Å². The lowest BCUT2D eigenvalue weighted by Crippen LogP contribution is -2.27. The van der Waals surface area contributed by atoms with Crippen LogP contribution in [0.1, 0.15) is 23.4 Å². The lowest BCUT2D eigenvalue weighted by Gasteiger charge is -2.21. The van der Waals surface area contributed by atoms with Crippen molar-refractivity contribution in [3.63, 3.8) is 0 Å². The van der Waals surface area contributed by atoms with E-state index in [4.69, 9.17) is 0 Å². The summed E-state index contributed by atoms with van der Waals surface area (Å²) in [6.07, 6.45) is -3.42. The Balaban J connectivity index is 1.53. The minimum atomic E-state index is -4.38. The van der Waals surface area contributed by atoms with Gasteiger partial charge in [-0.05, 0) is 30.0 Å². The third kappa shape index (κ3) is 2.63. The lowest BCUT2D eigenvalue weighted by atomic mass is 10.0. The minimum Gasteiger partial charge on any atom is -0.298 e. The molecule has 1 saturated carbocycles. The monoisotopic (exact) mass is 318 g/mol. The molecule has 2 nitrogen and oxygen atoms in total. The second-order valence-corrected chi connectivity index (χ2v) is 6.62. The third-order valence-electron chi connectivity index (χ3n) is 5.01. The number of likely N-dealkylation sites (tertiary alicyclic amines) is 1. The fourth-order valence-electron chi connectivity index (χ4n) is 3.82. The van der Waals surface area contributed by atoms with E-state index < -0.39 is 11.9 Å². The average Bonchev–Trinajstić information content (AvgIpc) is 3.10. The third-order valence-corrected chi connectivity index (χ3v) is 5.01. The number of hydrogen-bond donors (Lipinski definition) is 0. The van der Waals surface area contributed by atoms with Crippen LogP contribution in [-0.4, -0.2) is 23.0 Å². The largest absolute Gasteiger partial charge is 0.433 e. The molecule has 1 saturated heterocycles. The molecule has 0 N–H and O–H groups in total. The van der Waals surface area contributed by atoms with Crippen LogP contribution in [0.15, 0.2) is 48.5 Å². The van der Waals surface area contributed by atoms with E-state index in [2.05, 4.69) is 22.0 Å². The zero-order valence-corrected chi connectivity index (χ0v) is 12.6. The summed E-state index contributed by atoms with van der Waals surface area (Å²) < 4.78 is 38.7. The van der Waals surface area contributed by atoms with Crippen LogP contribution >= 0.6 is 0 Å². The molecule has 0 amide bonds. The van der Waals surface area contributed by atoms with Crippen LogP contribution in [0.4, 0.5) is 13.2 Å². The van der Waals surface area contributed by atoms with Crippen molar-refractivity contribution in [3.05, 3.63) is 65.5 Å². The topological polar surface area (TPSA) is 16.1 Å². The van der Waals surface area contributed by atoms with Gasteiger partial charge in [0.25, 0.3) is 0 Å². The summed E-state index contributed by atoms with van der Waals surface area (Å²) >= 11 is 0. The van der Waals surface area contributed by atoms with E-state index in [0.29, 0.717) is 11.6 Å². The Morgan fingerprint density at radius 2 is 1.87 bits per heavy atom. The summed E-state index contributed by atoms with van der Waals surface area (Å²) in [4.78, 5) is 6.25. The van der Waals surface area contributed by atoms with Crippen LogP contribution in [0.2, 0.25) is 0 Å². The zero-order valence-electron chi connectivity index (χ0n) is 12.6. The maximum atomic E-state index is 12.9. The van der Waals surface area contributed by atoms with Gasteiger partial charge in [-0.1, -0.05) is 36.4 Å². The Kier molecular flexibility index (Phi) is 3.23. The zero-order chi connectivity index (χ0) is 16.1. The van der Waals surface area contributed by atoms with E-state index in [1.165, 1.54) is 11.6 Å². The lowest BCUT2D eigenvalue weighted by molar-refractivity contribution is -0.141. The molecule has 1 aromatic heterocycles. The van der Waals surface area contributed by atoms with Gasteiger partial charge in [-0.3, -0.25) is 4.90 Å². The summed E-state index contributed by atoms with van der Waals surface area (Å²) in [5.41, 5.74) is 0.890. The summed E-state index contributed by atoms with van der Waals surface area (Å²) in [5.74, 6) is 0.433. The SMILES string of the molecule is FC(F)(F)c1cccc([C@@]23C[C@@H]2CN(Cc2ccccc2)C3)n1. The molecule has 120 valence electrons. The van der Waals surface area contributed by atoms with Crippen LogP contribution in [-0.2, 0) is 18.1 Å². The van der Waals surface area contributed by atoms with Crippen molar-refractivity contribution in [3.8, 4) is 0 Å². The number of piperidine rings is 1. The smallest absolute Gasteiger partial charge is 0.298 e. The normalized spacial score (nSPS) is 27.0. The molecule has 4 rings (SSSR count). The van der Waals surface area contributed by atoms with Crippen molar-refractivity contribution in [2.24, 2.45) is 5.92 Å². The number of fused-ring (bicyclic) bond motifs is 1. The van der Waals surface area contributed by atoms with Gasteiger partial charge in [0, 0.05) is 30.7 Å². The molecule has 0 spiro atoms. The molecule has 0 unspecified atom stereocenters. The first-order valence-electron chi connectivity index (χ1n) is 7.78. The summed E-state index contributed by atoms with van der Waals surface area (Å²) in [5, 5.41) is 0. The molecular weight excluding hydrogens is 301 g/mol. The summed E-state index contributed by atoms with van der Waals surface area (Å²) in [6, 6.07) is 14.5. The molecule has 1 aliphatic carbocycles. The molecule has 1 aliphatic heterocycles. The molecule has 23 heavy (non-hydrogen) atoms. The number of benzene rings is 1. The van der Waals surface area contributed by atoms with E-state index in [1.54, 1.807) is 6.07 Å². The molecule has 2 fully saturated rings. The molecule has 0 radical (unpaired) electrons.